The molecule has 0 aromatic rings. The van der Waals surface area contributed by atoms with Crippen LogP contribution in [-0.2, 0) is 9.84 Å². The average molecular weight is 187 g/mol. The lowest BCUT2D eigenvalue weighted by atomic mass is 10.2. The van der Waals surface area contributed by atoms with Crippen LogP contribution in [0, 0.1) is 5.92 Å². The van der Waals surface area contributed by atoms with Crippen molar-refractivity contribution in [2.24, 2.45) is 11.7 Å². The molecule has 0 heterocycles. The van der Waals surface area contributed by atoms with Crippen molar-refractivity contribution in [1.82, 2.24) is 0 Å². The molecule has 0 aliphatic rings. The second kappa shape index (κ2) is 3.96. The Kier molecular flexibility index (Phi) is 3.88. The molecule has 0 saturated carbocycles. The van der Waals surface area contributed by atoms with E-state index in [-0.39, 0.29) is 6.54 Å². The maximum Gasteiger partial charge on any atom is 0.243 e. The summed E-state index contributed by atoms with van der Waals surface area (Å²) in [6.07, 6.45) is -1.74. The molecule has 0 radical (unpaired) electrons. The first kappa shape index (κ1) is 10.8. The zero-order chi connectivity index (χ0) is 9.07. The molecular weight excluding hydrogens is 176 g/mol. The molecule has 0 aromatic carbocycles. The minimum Gasteiger partial charge on any atom is -0.330 e. The van der Waals surface area contributed by atoms with E-state index < -0.39 is 27.9 Å². The Hall–Kier alpha value is -0.230. The first-order chi connectivity index (χ1) is 4.87. The Morgan fingerprint density at radius 2 is 1.91 bits per heavy atom. The monoisotopic (exact) mass is 187 g/mol. The van der Waals surface area contributed by atoms with Gasteiger partial charge in [0.25, 0.3) is 0 Å². The Bertz CT molecular complexity index is 203. The molecule has 0 amide bonds. The van der Waals surface area contributed by atoms with Crippen molar-refractivity contribution in [1.29, 1.82) is 0 Å². The zero-order valence-corrected chi connectivity index (χ0v) is 6.94. The molecule has 3 nitrogen and oxygen atoms in total. The van der Waals surface area contributed by atoms with E-state index >= 15 is 0 Å². The van der Waals surface area contributed by atoms with Crippen molar-refractivity contribution in [3.8, 4) is 0 Å². The van der Waals surface area contributed by atoms with Gasteiger partial charge in [-0.3, -0.25) is 0 Å². The van der Waals surface area contributed by atoms with Crippen LogP contribution >= 0.6 is 0 Å². The highest BCUT2D eigenvalue weighted by Gasteiger charge is 2.22. The van der Waals surface area contributed by atoms with Gasteiger partial charge in [-0.15, -0.1) is 0 Å². The third-order valence-electron chi connectivity index (χ3n) is 1.18. The summed E-state index contributed by atoms with van der Waals surface area (Å²) in [5, 5.41) is 0. The highest BCUT2D eigenvalue weighted by molar-refractivity contribution is 7.90. The van der Waals surface area contributed by atoms with Crippen LogP contribution in [0.3, 0.4) is 0 Å². The van der Waals surface area contributed by atoms with E-state index in [1.807, 2.05) is 0 Å². The summed E-state index contributed by atoms with van der Waals surface area (Å²) in [6, 6.07) is 0. The Morgan fingerprint density at radius 3 is 2.00 bits per heavy atom. The normalized spacial score (nSPS) is 15.4. The lowest BCUT2D eigenvalue weighted by Gasteiger charge is -2.10. The minimum absolute atomic E-state index is 0.301. The summed E-state index contributed by atoms with van der Waals surface area (Å²) in [5.41, 5.74) is 4.94. The SMILES string of the molecule is CS(=O)(=O)CC(CN)C(F)F. The highest BCUT2D eigenvalue weighted by atomic mass is 32.2. The molecule has 0 aliphatic carbocycles. The van der Waals surface area contributed by atoms with E-state index in [9.17, 15) is 17.2 Å². The first-order valence-corrected chi connectivity index (χ1v) is 5.09. The van der Waals surface area contributed by atoms with E-state index in [0.717, 1.165) is 6.26 Å². The van der Waals surface area contributed by atoms with Crippen LogP contribution in [0.25, 0.3) is 0 Å². The second-order valence-corrected chi connectivity index (χ2v) is 4.61. The summed E-state index contributed by atoms with van der Waals surface area (Å²) < 4.78 is 44.8. The van der Waals surface area contributed by atoms with Gasteiger partial charge >= 0.3 is 0 Å². The number of halogens is 2. The van der Waals surface area contributed by atoms with Gasteiger partial charge in [0.05, 0.1) is 5.75 Å². The number of nitrogens with two attached hydrogens (primary N) is 1. The summed E-state index contributed by atoms with van der Waals surface area (Å²) >= 11 is 0. The lowest BCUT2D eigenvalue weighted by molar-refractivity contribution is 0.0920. The highest BCUT2D eigenvalue weighted by Crippen LogP contribution is 2.10. The van der Waals surface area contributed by atoms with Gasteiger partial charge in [-0.25, -0.2) is 17.2 Å². The predicted octanol–water partition coefficient (Wildman–Crippen LogP) is -0.129. The molecule has 0 aromatic heterocycles. The molecule has 0 bridgehead atoms. The number of alkyl halides is 2. The predicted molar refractivity (Wildman–Crippen MR) is 38.3 cm³/mol. The van der Waals surface area contributed by atoms with Gasteiger partial charge in [0.1, 0.15) is 9.84 Å². The molecule has 1 atom stereocenters. The van der Waals surface area contributed by atoms with Crippen molar-refractivity contribution >= 4 is 9.84 Å². The summed E-state index contributed by atoms with van der Waals surface area (Å²) in [7, 11) is -3.34. The lowest BCUT2D eigenvalue weighted by Crippen LogP contribution is -2.28. The molecule has 0 spiro atoms. The van der Waals surface area contributed by atoms with Gasteiger partial charge in [0.2, 0.25) is 6.43 Å². The maximum absolute atomic E-state index is 11.9. The third kappa shape index (κ3) is 5.09. The van der Waals surface area contributed by atoms with E-state index in [1.54, 1.807) is 0 Å². The molecular formula is C5H11F2NO2S. The number of rotatable bonds is 4. The van der Waals surface area contributed by atoms with Gasteiger partial charge in [-0.05, 0) is 0 Å². The second-order valence-electron chi connectivity index (χ2n) is 2.42. The van der Waals surface area contributed by atoms with Gasteiger partial charge < -0.3 is 5.73 Å². The summed E-state index contributed by atoms with van der Waals surface area (Å²) in [4.78, 5) is 0. The van der Waals surface area contributed by atoms with E-state index in [0.29, 0.717) is 0 Å². The molecule has 0 aliphatic heterocycles. The fourth-order valence-electron chi connectivity index (χ4n) is 0.633. The zero-order valence-electron chi connectivity index (χ0n) is 6.13. The van der Waals surface area contributed by atoms with Crippen LogP contribution in [0.2, 0.25) is 0 Å². The van der Waals surface area contributed by atoms with Crippen molar-refractivity contribution in [2.75, 3.05) is 18.6 Å². The Labute approximate surface area is 64.5 Å². The Balaban J connectivity index is 4.10. The van der Waals surface area contributed by atoms with E-state index in [4.69, 9.17) is 5.73 Å². The van der Waals surface area contributed by atoms with Crippen molar-refractivity contribution in [3.63, 3.8) is 0 Å². The van der Waals surface area contributed by atoms with Crippen LogP contribution < -0.4 is 5.73 Å². The van der Waals surface area contributed by atoms with Gasteiger partial charge in [0, 0.05) is 18.7 Å². The van der Waals surface area contributed by atoms with E-state index in [1.165, 1.54) is 0 Å². The quantitative estimate of drug-likeness (QED) is 0.667. The molecule has 0 rings (SSSR count). The summed E-state index contributed by atoms with van der Waals surface area (Å²) in [5.74, 6) is -1.77. The largest absolute Gasteiger partial charge is 0.330 e. The van der Waals surface area contributed by atoms with Gasteiger partial charge in [-0.1, -0.05) is 0 Å². The van der Waals surface area contributed by atoms with Gasteiger partial charge in [0.15, 0.2) is 0 Å². The molecule has 6 heteroatoms. The van der Waals surface area contributed by atoms with Crippen molar-refractivity contribution in [2.45, 2.75) is 6.43 Å². The standard InChI is InChI=1S/C5H11F2NO2S/c1-11(9,10)3-4(2-8)5(6)7/h4-5H,2-3,8H2,1H3. The number of sulfone groups is 1. The van der Waals surface area contributed by atoms with Gasteiger partial charge in [-0.2, -0.15) is 0 Å². The van der Waals surface area contributed by atoms with Crippen molar-refractivity contribution < 1.29 is 17.2 Å². The average Bonchev–Trinajstić information content (AvgIpc) is 1.80. The van der Waals surface area contributed by atoms with Crippen molar-refractivity contribution in [3.05, 3.63) is 0 Å². The minimum atomic E-state index is -3.34. The van der Waals surface area contributed by atoms with Crippen LogP contribution in [0.5, 0.6) is 0 Å². The smallest absolute Gasteiger partial charge is 0.243 e. The first-order valence-electron chi connectivity index (χ1n) is 3.02. The Morgan fingerprint density at radius 1 is 1.45 bits per heavy atom. The topological polar surface area (TPSA) is 60.2 Å². The third-order valence-corrected chi connectivity index (χ3v) is 2.21. The maximum atomic E-state index is 11.9. The fourth-order valence-corrected chi connectivity index (χ4v) is 1.69. The summed E-state index contributed by atoms with van der Waals surface area (Å²) in [6.45, 7) is -0.301. The molecule has 2 N–H and O–H groups in total. The molecule has 11 heavy (non-hydrogen) atoms. The molecule has 68 valence electrons. The van der Waals surface area contributed by atoms with E-state index in [2.05, 4.69) is 0 Å². The number of hydrogen-bond acceptors (Lipinski definition) is 3. The number of hydrogen-bond donors (Lipinski definition) is 1. The molecule has 0 saturated heterocycles. The molecule has 0 fully saturated rings. The molecule has 1 unspecified atom stereocenters. The van der Waals surface area contributed by atoms with Crippen LogP contribution in [0.4, 0.5) is 8.78 Å². The van der Waals surface area contributed by atoms with Crippen LogP contribution in [0.15, 0.2) is 0 Å². The van der Waals surface area contributed by atoms with Crippen LogP contribution in [-0.4, -0.2) is 33.4 Å². The van der Waals surface area contributed by atoms with Crippen LogP contribution in [0.1, 0.15) is 0 Å². The fraction of sp³-hybridized carbons (Fsp3) is 1.00.